The number of likely N-dealkylation sites (tertiary alicyclic amines) is 1. The van der Waals surface area contributed by atoms with Gasteiger partial charge in [0.1, 0.15) is 11.3 Å². The first kappa shape index (κ1) is 17.8. The summed E-state index contributed by atoms with van der Waals surface area (Å²) in [6.45, 7) is 1.52. The number of carbonyl (C=O) groups excluding carboxylic acids is 2. The molecule has 0 aromatic carbocycles. The van der Waals surface area contributed by atoms with Gasteiger partial charge >= 0.3 is 0 Å². The first-order valence-corrected chi connectivity index (χ1v) is 10.2. The minimum atomic E-state index is -0.264. The van der Waals surface area contributed by atoms with Crippen LogP contribution in [0.25, 0.3) is 0 Å². The molecular weight excluding hydrogens is 364 g/mol. The second-order valence-electron chi connectivity index (χ2n) is 7.03. The van der Waals surface area contributed by atoms with Crippen LogP contribution in [0.15, 0.2) is 23.8 Å². The number of carbonyl (C=O) groups is 2. The van der Waals surface area contributed by atoms with Gasteiger partial charge in [-0.25, -0.2) is 4.98 Å². The number of amides is 2. The van der Waals surface area contributed by atoms with Crippen LogP contribution in [0.5, 0.6) is 0 Å². The topological polar surface area (TPSA) is 100 Å². The van der Waals surface area contributed by atoms with Gasteiger partial charge in [-0.05, 0) is 31.4 Å². The van der Waals surface area contributed by atoms with Crippen molar-refractivity contribution in [2.75, 3.05) is 23.7 Å². The molecular formula is C18H22N6O2S. The van der Waals surface area contributed by atoms with E-state index in [0.717, 1.165) is 32.4 Å². The van der Waals surface area contributed by atoms with Crippen molar-refractivity contribution in [3.63, 3.8) is 0 Å². The fraction of sp³-hybridized carbons (Fsp3) is 0.500. The first-order chi connectivity index (χ1) is 13.2. The molecule has 3 heterocycles. The summed E-state index contributed by atoms with van der Waals surface area (Å²) < 4.78 is 0. The lowest BCUT2D eigenvalue weighted by Crippen LogP contribution is -2.35. The molecule has 2 N–H and O–H groups in total. The van der Waals surface area contributed by atoms with E-state index in [2.05, 4.69) is 25.8 Å². The van der Waals surface area contributed by atoms with Crippen LogP contribution >= 0.6 is 11.3 Å². The number of aromatic nitrogens is 3. The summed E-state index contributed by atoms with van der Waals surface area (Å²) in [5.41, 5.74) is 2.02. The fourth-order valence-corrected chi connectivity index (χ4v) is 4.17. The smallest absolute Gasteiger partial charge is 0.259 e. The molecule has 1 aliphatic carbocycles. The SMILES string of the molecule is O=C(Nc1nncs1)c1ccc(NC2CCN(C(=O)C3CCCC3)C2)nc1. The van der Waals surface area contributed by atoms with E-state index in [1.54, 1.807) is 17.6 Å². The zero-order valence-electron chi connectivity index (χ0n) is 14.9. The minimum Gasteiger partial charge on any atom is -0.365 e. The third kappa shape index (κ3) is 4.24. The number of nitrogens with zero attached hydrogens (tertiary/aromatic N) is 4. The van der Waals surface area contributed by atoms with E-state index in [9.17, 15) is 9.59 Å². The lowest BCUT2D eigenvalue weighted by molar-refractivity contribution is -0.134. The highest BCUT2D eigenvalue weighted by atomic mass is 32.1. The standard InChI is InChI=1S/C18H22N6O2S/c25-16(22-18-23-20-11-27-18)13-5-6-15(19-9-13)21-14-7-8-24(10-14)17(26)12-3-1-2-4-12/h5-6,9,11-12,14H,1-4,7-8,10H2,(H,19,21)(H,22,23,25). The largest absolute Gasteiger partial charge is 0.365 e. The average molecular weight is 386 g/mol. The van der Waals surface area contributed by atoms with Crippen LogP contribution in [0.4, 0.5) is 10.9 Å². The van der Waals surface area contributed by atoms with Crippen LogP contribution in [-0.2, 0) is 4.79 Å². The van der Waals surface area contributed by atoms with Gasteiger partial charge in [0.15, 0.2) is 0 Å². The Morgan fingerprint density at radius 1 is 1.19 bits per heavy atom. The van der Waals surface area contributed by atoms with Gasteiger partial charge in [-0.2, -0.15) is 0 Å². The second kappa shape index (κ2) is 7.99. The number of pyridine rings is 1. The maximum atomic E-state index is 12.5. The van der Waals surface area contributed by atoms with Gasteiger partial charge < -0.3 is 10.2 Å². The van der Waals surface area contributed by atoms with Crippen LogP contribution in [0.2, 0.25) is 0 Å². The van der Waals surface area contributed by atoms with Gasteiger partial charge in [-0.15, -0.1) is 10.2 Å². The number of hydrogen-bond acceptors (Lipinski definition) is 7. The van der Waals surface area contributed by atoms with E-state index >= 15 is 0 Å². The molecule has 0 spiro atoms. The molecule has 2 aromatic rings. The monoisotopic (exact) mass is 386 g/mol. The fourth-order valence-electron chi connectivity index (χ4n) is 3.73. The maximum absolute atomic E-state index is 12.5. The molecule has 2 amide bonds. The Bertz CT molecular complexity index is 789. The highest BCUT2D eigenvalue weighted by molar-refractivity contribution is 7.13. The van der Waals surface area contributed by atoms with E-state index in [4.69, 9.17) is 0 Å². The quantitative estimate of drug-likeness (QED) is 0.818. The van der Waals surface area contributed by atoms with Gasteiger partial charge in [0, 0.05) is 31.2 Å². The highest BCUT2D eigenvalue weighted by Crippen LogP contribution is 2.28. The molecule has 0 radical (unpaired) electrons. The lowest BCUT2D eigenvalue weighted by atomic mass is 10.1. The molecule has 142 valence electrons. The predicted molar refractivity (Wildman–Crippen MR) is 103 cm³/mol. The molecule has 9 heteroatoms. The van der Waals surface area contributed by atoms with Gasteiger partial charge in [0.2, 0.25) is 11.0 Å². The van der Waals surface area contributed by atoms with Gasteiger partial charge in [-0.3, -0.25) is 14.9 Å². The molecule has 1 saturated carbocycles. The summed E-state index contributed by atoms with van der Waals surface area (Å²) in [5.74, 6) is 0.990. The number of rotatable bonds is 5. The molecule has 8 nitrogen and oxygen atoms in total. The van der Waals surface area contributed by atoms with Crippen molar-refractivity contribution in [1.82, 2.24) is 20.1 Å². The zero-order chi connectivity index (χ0) is 18.6. The van der Waals surface area contributed by atoms with E-state index in [1.165, 1.54) is 30.4 Å². The lowest BCUT2D eigenvalue weighted by Gasteiger charge is -2.20. The second-order valence-corrected chi connectivity index (χ2v) is 7.86. The van der Waals surface area contributed by atoms with Crippen LogP contribution < -0.4 is 10.6 Å². The third-order valence-electron chi connectivity index (χ3n) is 5.16. The van der Waals surface area contributed by atoms with E-state index < -0.39 is 0 Å². The maximum Gasteiger partial charge on any atom is 0.259 e. The molecule has 27 heavy (non-hydrogen) atoms. The molecule has 1 unspecified atom stereocenters. The minimum absolute atomic E-state index is 0.198. The van der Waals surface area contributed by atoms with Crippen LogP contribution in [0.3, 0.4) is 0 Å². The number of anilines is 2. The summed E-state index contributed by atoms with van der Waals surface area (Å²) in [6.07, 6.45) is 6.88. The molecule has 0 bridgehead atoms. The molecule has 2 aromatic heterocycles. The summed E-state index contributed by atoms with van der Waals surface area (Å²) in [5, 5.41) is 14.0. The van der Waals surface area contributed by atoms with Crippen molar-refractivity contribution in [3.05, 3.63) is 29.4 Å². The molecule has 1 aliphatic heterocycles. The van der Waals surface area contributed by atoms with Gasteiger partial charge in [0.25, 0.3) is 5.91 Å². The Morgan fingerprint density at radius 3 is 2.74 bits per heavy atom. The van der Waals surface area contributed by atoms with Crippen molar-refractivity contribution in [3.8, 4) is 0 Å². The van der Waals surface area contributed by atoms with Crippen LogP contribution in [-0.4, -0.2) is 51.0 Å². The Balaban J connectivity index is 1.30. The van der Waals surface area contributed by atoms with Crippen molar-refractivity contribution < 1.29 is 9.59 Å². The van der Waals surface area contributed by atoms with E-state index in [1.807, 2.05) is 4.90 Å². The third-order valence-corrected chi connectivity index (χ3v) is 5.77. The average Bonchev–Trinajstić information content (AvgIpc) is 3.44. The van der Waals surface area contributed by atoms with Crippen LogP contribution in [0, 0.1) is 5.92 Å². The van der Waals surface area contributed by atoms with E-state index in [-0.39, 0.29) is 17.9 Å². The Morgan fingerprint density at radius 2 is 2.04 bits per heavy atom. The summed E-state index contributed by atoms with van der Waals surface area (Å²) >= 11 is 1.26. The van der Waals surface area contributed by atoms with Gasteiger partial charge in [-0.1, -0.05) is 24.2 Å². The molecule has 2 fully saturated rings. The number of nitrogens with one attached hydrogen (secondary N) is 2. The predicted octanol–water partition coefficient (Wildman–Crippen LogP) is 2.39. The summed E-state index contributed by atoms with van der Waals surface area (Å²) in [4.78, 5) is 31.0. The zero-order valence-corrected chi connectivity index (χ0v) is 15.7. The van der Waals surface area contributed by atoms with Crippen molar-refractivity contribution in [2.45, 2.75) is 38.1 Å². The van der Waals surface area contributed by atoms with Crippen molar-refractivity contribution >= 4 is 34.1 Å². The highest BCUT2D eigenvalue weighted by Gasteiger charge is 2.32. The molecule has 1 saturated heterocycles. The van der Waals surface area contributed by atoms with E-state index in [0.29, 0.717) is 22.4 Å². The first-order valence-electron chi connectivity index (χ1n) is 9.28. The van der Waals surface area contributed by atoms with Crippen molar-refractivity contribution in [1.29, 1.82) is 0 Å². The number of hydrogen-bond donors (Lipinski definition) is 2. The van der Waals surface area contributed by atoms with Gasteiger partial charge in [0.05, 0.1) is 5.56 Å². The normalized spacial score (nSPS) is 20.0. The summed E-state index contributed by atoms with van der Waals surface area (Å²) in [7, 11) is 0. The van der Waals surface area contributed by atoms with Crippen LogP contribution in [0.1, 0.15) is 42.5 Å². The summed E-state index contributed by atoms with van der Waals surface area (Å²) in [6, 6.07) is 3.71. The molecule has 1 atom stereocenters. The van der Waals surface area contributed by atoms with Crippen molar-refractivity contribution in [2.24, 2.45) is 5.92 Å². The Labute approximate surface area is 161 Å². The Kier molecular flexibility index (Phi) is 5.28. The molecule has 2 aliphatic rings. The molecule has 4 rings (SSSR count). The Hall–Kier alpha value is -2.55.